The molecule has 0 radical (unpaired) electrons. The molecule has 0 aliphatic carbocycles. The van der Waals surface area contributed by atoms with E-state index in [2.05, 4.69) is 15.6 Å². The van der Waals surface area contributed by atoms with Crippen LogP contribution < -0.4 is 21.1 Å². The lowest BCUT2D eigenvalue weighted by molar-refractivity contribution is -0.114. The Balaban J connectivity index is 2.15. The van der Waals surface area contributed by atoms with Gasteiger partial charge in [0, 0.05) is 31.4 Å². The number of hydrogen-bond donors (Lipinski definition) is 3. The van der Waals surface area contributed by atoms with Gasteiger partial charge in [-0.15, -0.1) is 0 Å². The largest absolute Gasteiger partial charge is 0.487 e. The van der Waals surface area contributed by atoms with Crippen LogP contribution in [0.4, 0.5) is 5.69 Å². The maximum Gasteiger partial charge on any atom is 0.251 e. The van der Waals surface area contributed by atoms with Crippen LogP contribution in [0, 0.1) is 0 Å². The van der Waals surface area contributed by atoms with Crippen molar-refractivity contribution in [2.75, 3.05) is 18.4 Å². The predicted molar refractivity (Wildman–Crippen MR) is 95.3 cm³/mol. The van der Waals surface area contributed by atoms with Crippen LogP contribution in [0.1, 0.15) is 29.3 Å². The van der Waals surface area contributed by atoms with Crippen molar-refractivity contribution in [3.63, 3.8) is 0 Å². The maximum atomic E-state index is 12.2. The Bertz CT molecular complexity index is 720. The number of ether oxygens (including phenoxy) is 1. The van der Waals surface area contributed by atoms with Gasteiger partial charge in [0.2, 0.25) is 5.91 Å². The van der Waals surface area contributed by atoms with Gasteiger partial charge in [-0.2, -0.15) is 0 Å². The molecular weight excluding hydrogens is 320 g/mol. The summed E-state index contributed by atoms with van der Waals surface area (Å²) in [5.41, 5.74) is 7.32. The molecular formula is C18H22N4O3. The summed E-state index contributed by atoms with van der Waals surface area (Å²) in [6, 6.07) is 8.58. The quantitative estimate of drug-likeness (QED) is 0.633. The third-order valence-electron chi connectivity index (χ3n) is 3.36. The molecule has 1 aromatic carbocycles. The second-order valence-electron chi connectivity index (χ2n) is 5.43. The van der Waals surface area contributed by atoms with Gasteiger partial charge in [-0.3, -0.25) is 14.6 Å². The van der Waals surface area contributed by atoms with E-state index in [0.717, 1.165) is 5.56 Å². The summed E-state index contributed by atoms with van der Waals surface area (Å²) in [7, 11) is 0. The average Bonchev–Trinajstić information content (AvgIpc) is 2.61. The summed E-state index contributed by atoms with van der Waals surface area (Å²) >= 11 is 0. The molecule has 0 unspecified atom stereocenters. The average molecular weight is 342 g/mol. The lowest BCUT2D eigenvalue weighted by Gasteiger charge is -2.14. The van der Waals surface area contributed by atoms with E-state index in [1.54, 1.807) is 30.6 Å². The first kappa shape index (κ1) is 18.4. The van der Waals surface area contributed by atoms with E-state index in [0.29, 0.717) is 43.1 Å². The SMILES string of the molecule is CC(=O)Nc1ccc(C(=O)NCCCN)cc1OCc1ccncc1. The molecule has 0 bridgehead atoms. The van der Waals surface area contributed by atoms with Crippen LogP contribution >= 0.6 is 0 Å². The molecule has 0 aliphatic heterocycles. The van der Waals surface area contributed by atoms with E-state index in [9.17, 15) is 9.59 Å². The van der Waals surface area contributed by atoms with Crippen LogP contribution in [0.3, 0.4) is 0 Å². The molecule has 7 nitrogen and oxygen atoms in total. The summed E-state index contributed by atoms with van der Waals surface area (Å²) in [6.07, 6.45) is 4.06. The number of carbonyl (C=O) groups excluding carboxylic acids is 2. The number of aromatic nitrogens is 1. The van der Waals surface area contributed by atoms with Crippen LogP contribution in [0.2, 0.25) is 0 Å². The zero-order valence-corrected chi connectivity index (χ0v) is 14.1. The topological polar surface area (TPSA) is 106 Å². The fourth-order valence-corrected chi connectivity index (χ4v) is 2.12. The van der Waals surface area contributed by atoms with E-state index < -0.39 is 0 Å². The fourth-order valence-electron chi connectivity index (χ4n) is 2.12. The Morgan fingerprint density at radius 3 is 2.64 bits per heavy atom. The highest BCUT2D eigenvalue weighted by molar-refractivity contribution is 5.96. The molecule has 4 N–H and O–H groups in total. The van der Waals surface area contributed by atoms with E-state index in [-0.39, 0.29) is 11.8 Å². The van der Waals surface area contributed by atoms with Crippen molar-refractivity contribution in [2.24, 2.45) is 5.73 Å². The Hall–Kier alpha value is -2.93. The predicted octanol–water partition coefficient (Wildman–Crippen LogP) is 1.70. The highest BCUT2D eigenvalue weighted by atomic mass is 16.5. The number of nitrogens with two attached hydrogens (primary N) is 1. The summed E-state index contributed by atoms with van der Waals surface area (Å²) in [5.74, 6) is 0.00369. The Morgan fingerprint density at radius 2 is 1.96 bits per heavy atom. The first-order valence-electron chi connectivity index (χ1n) is 8.01. The van der Waals surface area contributed by atoms with Gasteiger partial charge in [0.1, 0.15) is 12.4 Å². The molecule has 2 aromatic rings. The number of carbonyl (C=O) groups is 2. The lowest BCUT2D eigenvalue weighted by Crippen LogP contribution is -2.26. The van der Waals surface area contributed by atoms with Gasteiger partial charge in [0.25, 0.3) is 5.91 Å². The number of amides is 2. The molecule has 0 aliphatic rings. The molecule has 1 heterocycles. The first-order valence-corrected chi connectivity index (χ1v) is 8.01. The molecule has 0 spiro atoms. The Morgan fingerprint density at radius 1 is 1.20 bits per heavy atom. The van der Waals surface area contributed by atoms with Gasteiger partial charge in [0.15, 0.2) is 0 Å². The minimum atomic E-state index is -0.214. The fraction of sp³-hybridized carbons (Fsp3) is 0.278. The molecule has 0 saturated heterocycles. The maximum absolute atomic E-state index is 12.2. The standard InChI is InChI=1S/C18H22N4O3/c1-13(23)22-16-4-3-15(18(24)21-8-2-7-19)11-17(16)25-12-14-5-9-20-10-6-14/h3-6,9-11H,2,7-8,12,19H2,1H3,(H,21,24)(H,22,23). The minimum absolute atomic E-state index is 0.211. The summed E-state index contributed by atoms with van der Waals surface area (Å²) in [6.45, 7) is 2.74. The zero-order chi connectivity index (χ0) is 18.1. The van der Waals surface area contributed by atoms with Gasteiger partial charge in [-0.1, -0.05) is 0 Å². The van der Waals surface area contributed by atoms with Crippen molar-refractivity contribution in [1.82, 2.24) is 10.3 Å². The van der Waals surface area contributed by atoms with Crippen molar-refractivity contribution < 1.29 is 14.3 Å². The Labute approximate surface area is 146 Å². The summed E-state index contributed by atoms with van der Waals surface area (Å²) < 4.78 is 5.80. The van der Waals surface area contributed by atoms with E-state index in [1.807, 2.05) is 12.1 Å². The normalized spacial score (nSPS) is 10.2. The number of anilines is 1. The van der Waals surface area contributed by atoms with Crippen molar-refractivity contribution >= 4 is 17.5 Å². The number of rotatable bonds is 8. The third kappa shape index (κ3) is 5.89. The summed E-state index contributed by atoms with van der Waals surface area (Å²) in [5, 5.41) is 5.49. The smallest absolute Gasteiger partial charge is 0.251 e. The van der Waals surface area contributed by atoms with Crippen LogP contribution in [0.5, 0.6) is 5.75 Å². The van der Waals surface area contributed by atoms with Gasteiger partial charge in [-0.25, -0.2) is 0 Å². The van der Waals surface area contributed by atoms with Gasteiger partial charge in [-0.05, 0) is 48.9 Å². The number of benzene rings is 1. The van der Waals surface area contributed by atoms with Crippen LogP contribution in [0.25, 0.3) is 0 Å². The van der Waals surface area contributed by atoms with Crippen molar-refractivity contribution in [1.29, 1.82) is 0 Å². The van der Waals surface area contributed by atoms with Crippen molar-refractivity contribution in [2.45, 2.75) is 20.0 Å². The molecule has 132 valence electrons. The second-order valence-corrected chi connectivity index (χ2v) is 5.43. The van der Waals surface area contributed by atoms with Crippen LogP contribution in [-0.4, -0.2) is 29.9 Å². The van der Waals surface area contributed by atoms with Gasteiger partial charge >= 0.3 is 0 Å². The molecule has 0 fully saturated rings. The van der Waals surface area contributed by atoms with Gasteiger partial charge < -0.3 is 21.1 Å². The van der Waals surface area contributed by atoms with E-state index >= 15 is 0 Å². The highest BCUT2D eigenvalue weighted by Gasteiger charge is 2.12. The van der Waals surface area contributed by atoms with Crippen LogP contribution in [-0.2, 0) is 11.4 Å². The first-order chi connectivity index (χ1) is 12.1. The van der Waals surface area contributed by atoms with E-state index in [1.165, 1.54) is 6.92 Å². The van der Waals surface area contributed by atoms with E-state index in [4.69, 9.17) is 10.5 Å². The molecule has 0 atom stereocenters. The molecule has 25 heavy (non-hydrogen) atoms. The Kier molecular flexibility index (Phi) is 6.91. The zero-order valence-electron chi connectivity index (χ0n) is 14.1. The number of hydrogen-bond acceptors (Lipinski definition) is 5. The third-order valence-corrected chi connectivity index (χ3v) is 3.36. The molecule has 7 heteroatoms. The molecule has 2 amide bonds. The van der Waals surface area contributed by atoms with Crippen LogP contribution in [0.15, 0.2) is 42.7 Å². The number of nitrogens with one attached hydrogen (secondary N) is 2. The molecule has 1 aromatic heterocycles. The number of pyridine rings is 1. The second kappa shape index (κ2) is 9.39. The van der Waals surface area contributed by atoms with Crippen molar-refractivity contribution in [3.8, 4) is 5.75 Å². The summed E-state index contributed by atoms with van der Waals surface area (Å²) in [4.78, 5) is 27.5. The molecule has 0 saturated carbocycles. The monoisotopic (exact) mass is 342 g/mol. The number of nitrogens with zero attached hydrogens (tertiary/aromatic N) is 1. The minimum Gasteiger partial charge on any atom is -0.487 e. The lowest BCUT2D eigenvalue weighted by atomic mass is 10.1. The highest BCUT2D eigenvalue weighted by Crippen LogP contribution is 2.27. The van der Waals surface area contributed by atoms with Gasteiger partial charge in [0.05, 0.1) is 5.69 Å². The molecule has 2 rings (SSSR count). The van der Waals surface area contributed by atoms with Crippen molar-refractivity contribution in [3.05, 3.63) is 53.9 Å².